The zero-order chi connectivity index (χ0) is 14.2. The van der Waals surface area contributed by atoms with Crippen molar-refractivity contribution in [3.63, 3.8) is 0 Å². The van der Waals surface area contributed by atoms with Gasteiger partial charge in [0.25, 0.3) is 5.91 Å². The highest BCUT2D eigenvalue weighted by molar-refractivity contribution is 6.04. The normalized spacial score (nSPS) is 23.4. The standard InChI is InChI=1S/C11H15N3O5/c1-12-5-8(15)14(11(12)19)6-9(16)13-4-2-3-7(13)10(17)18/h7H,2-6H2,1H3,(H,17,18)/t7-/m1/s1. The fraction of sp³-hybridized carbons (Fsp3) is 0.636. The summed E-state index contributed by atoms with van der Waals surface area (Å²) < 4.78 is 0. The molecule has 8 nitrogen and oxygen atoms in total. The number of urea groups is 1. The zero-order valence-electron chi connectivity index (χ0n) is 10.5. The van der Waals surface area contributed by atoms with Gasteiger partial charge >= 0.3 is 12.0 Å². The molecule has 2 aliphatic rings. The second-order valence-corrected chi connectivity index (χ2v) is 4.70. The van der Waals surface area contributed by atoms with Gasteiger partial charge in [0, 0.05) is 13.6 Å². The number of imide groups is 1. The van der Waals surface area contributed by atoms with Crippen LogP contribution in [0.5, 0.6) is 0 Å². The lowest BCUT2D eigenvalue weighted by atomic mass is 10.2. The number of aliphatic carboxylic acids is 1. The van der Waals surface area contributed by atoms with Crippen molar-refractivity contribution < 1.29 is 24.3 Å². The first-order chi connectivity index (χ1) is 8.91. The lowest BCUT2D eigenvalue weighted by Crippen LogP contribution is -2.47. The summed E-state index contributed by atoms with van der Waals surface area (Å²) in [6.07, 6.45) is 1.02. The first-order valence-corrected chi connectivity index (χ1v) is 5.99. The summed E-state index contributed by atoms with van der Waals surface area (Å²) in [4.78, 5) is 49.5. The van der Waals surface area contributed by atoms with E-state index in [0.29, 0.717) is 19.4 Å². The summed E-state index contributed by atoms with van der Waals surface area (Å²) in [6.45, 7) is -0.0812. The molecule has 0 aromatic rings. The quantitative estimate of drug-likeness (QED) is 0.660. The van der Waals surface area contributed by atoms with Crippen LogP contribution >= 0.6 is 0 Å². The van der Waals surface area contributed by atoms with Gasteiger partial charge in [0.15, 0.2) is 0 Å². The van der Waals surface area contributed by atoms with Gasteiger partial charge in [-0.3, -0.25) is 14.5 Å². The van der Waals surface area contributed by atoms with Crippen molar-refractivity contribution in [1.82, 2.24) is 14.7 Å². The SMILES string of the molecule is CN1CC(=O)N(CC(=O)N2CCC[C@@H]2C(=O)O)C1=O. The number of carboxylic acids is 1. The number of likely N-dealkylation sites (tertiary alicyclic amines) is 1. The second-order valence-electron chi connectivity index (χ2n) is 4.70. The molecule has 104 valence electrons. The molecule has 2 fully saturated rings. The van der Waals surface area contributed by atoms with Crippen LogP contribution in [0, 0.1) is 0 Å². The summed E-state index contributed by atoms with van der Waals surface area (Å²) in [5.41, 5.74) is 0. The number of nitrogens with zero attached hydrogens (tertiary/aromatic N) is 3. The number of amides is 4. The number of rotatable bonds is 3. The van der Waals surface area contributed by atoms with Crippen molar-refractivity contribution in [2.24, 2.45) is 0 Å². The van der Waals surface area contributed by atoms with E-state index in [4.69, 9.17) is 5.11 Å². The first-order valence-electron chi connectivity index (χ1n) is 5.99. The van der Waals surface area contributed by atoms with Gasteiger partial charge in [-0.15, -0.1) is 0 Å². The van der Waals surface area contributed by atoms with E-state index in [9.17, 15) is 19.2 Å². The average Bonchev–Trinajstić information content (AvgIpc) is 2.90. The van der Waals surface area contributed by atoms with Crippen molar-refractivity contribution >= 4 is 23.8 Å². The Kier molecular flexibility index (Phi) is 3.41. The Morgan fingerprint density at radius 3 is 2.58 bits per heavy atom. The molecular formula is C11H15N3O5. The van der Waals surface area contributed by atoms with Gasteiger partial charge in [0.1, 0.15) is 19.1 Å². The molecule has 19 heavy (non-hydrogen) atoms. The summed E-state index contributed by atoms with van der Waals surface area (Å²) in [7, 11) is 1.47. The average molecular weight is 269 g/mol. The molecule has 2 saturated heterocycles. The molecule has 4 amide bonds. The largest absolute Gasteiger partial charge is 0.480 e. The zero-order valence-corrected chi connectivity index (χ0v) is 10.5. The van der Waals surface area contributed by atoms with Gasteiger partial charge in [-0.05, 0) is 12.8 Å². The van der Waals surface area contributed by atoms with Crippen LogP contribution in [-0.4, -0.2) is 76.3 Å². The Hall–Kier alpha value is -2.12. The maximum Gasteiger partial charge on any atom is 0.327 e. The van der Waals surface area contributed by atoms with Crippen molar-refractivity contribution in [3.05, 3.63) is 0 Å². The van der Waals surface area contributed by atoms with Crippen LogP contribution in [0.4, 0.5) is 4.79 Å². The van der Waals surface area contributed by atoms with E-state index in [1.807, 2.05) is 0 Å². The Labute approximate surface area is 109 Å². The fourth-order valence-corrected chi connectivity index (χ4v) is 2.37. The maximum absolute atomic E-state index is 12.0. The Balaban J connectivity index is 2.03. The second kappa shape index (κ2) is 4.87. The Morgan fingerprint density at radius 1 is 1.37 bits per heavy atom. The van der Waals surface area contributed by atoms with Gasteiger partial charge in [0.2, 0.25) is 5.91 Å². The minimum atomic E-state index is -1.05. The summed E-state index contributed by atoms with van der Waals surface area (Å²) in [6, 6.07) is -1.37. The van der Waals surface area contributed by atoms with E-state index in [0.717, 1.165) is 4.90 Å². The smallest absolute Gasteiger partial charge is 0.327 e. The number of carboxylic acid groups (broad SMARTS) is 1. The maximum atomic E-state index is 12.0. The van der Waals surface area contributed by atoms with Gasteiger partial charge in [-0.2, -0.15) is 0 Å². The molecule has 1 N–H and O–H groups in total. The number of carbonyl (C=O) groups is 4. The molecule has 0 spiro atoms. The van der Waals surface area contributed by atoms with Crippen LogP contribution in [0.15, 0.2) is 0 Å². The van der Waals surface area contributed by atoms with E-state index in [1.54, 1.807) is 0 Å². The van der Waals surface area contributed by atoms with E-state index in [-0.39, 0.29) is 13.1 Å². The minimum absolute atomic E-state index is 0.0472. The molecule has 1 atom stereocenters. The van der Waals surface area contributed by atoms with Gasteiger partial charge in [-0.1, -0.05) is 0 Å². The molecule has 0 bridgehead atoms. The minimum Gasteiger partial charge on any atom is -0.480 e. The third kappa shape index (κ3) is 2.38. The molecular weight excluding hydrogens is 254 g/mol. The highest BCUT2D eigenvalue weighted by Gasteiger charge is 2.39. The number of carbonyl (C=O) groups excluding carboxylic acids is 3. The molecule has 0 saturated carbocycles. The van der Waals surface area contributed by atoms with Crippen LogP contribution in [0.3, 0.4) is 0 Å². The highest BCUT2D eigenvalue weighted by atomic mass is 16.4. The van der Waals surface area contributed by atoms with E-state index in [2.05, 4.69) is 0 Å². The van der Waals surface area contributed by atoms with Gasteiger partial charge < -0.3 is 14.9 Å². The van der Waals surface area contributed by atoms with Gasteiger partial charge in [-0.25, -0.2) is 9.59 Å². The molecule has 2 rings (SSSR count). The molecule has 0 aliphatic carbocycles. The number of likely N-dealkylation sites (N-methyl/N-ethyl adjacent to an activating group) is 1. The molecule has 8 heteroatoms. The van der Waals surface area contributed by atoms with E-state index < -0.39 is 29.9 Å². The molecule has 2 aliphatic heterocycles. The predicted octanol–water partition coefficient (Wildman–Crippen LogP) is -1.04. The molecule has 0 aromatic heterocycles. The van der Waals surface area contributed by atoms with E-state index in [1.165, 1.54) is 16.8 Å². The molecule has 0 radical (unpaired) electrons. The van der Waals surface area contributed by atoms with Crippen molar-refractivity contribution in [3.8, 4) is 0 Å². The van der Waals surface area contributed by atoms with Gasteiger partial charge in [0.05, 0.1) is 0 Å². The van der Waals surface area contributed by atoms with Crippen molar-refractivity contribution in [1.29, 1.82) is 0 Å². The lowest BCUT2D eigenvalue weighted by molar-refractivity contribution is -0.148. The summed E-state index contributed by atoms with van der Waals surface area (Å²) >= 11 is 0. The molecule has 0 unspecified atom stereocenters. The van der Waals surface area contributed by atoms with Crippen molar-refractivity contribution in [2.45, 2.75) is 18.9 Å². The summed E-state index contributed by atoms with van der Waals surface area (Å²) in [5, 5.41) is 8.99. The van der Waals surface area contributed by atoms with Crippen LogP contribution in [0.25, 0.3) is 0 Å². The van der Waals surface area contributed by atoms with Crippen molar-refractivity contribution in [2.75, 3.05) is 26.7 Å². The predicted molar refractivity (Wildman–Crippen MR) is 62.1 cm³/mol. The fourth-order valence-electron chi connectivity index (χ4n) is 2.37. The lowest BCUT2D eigenvalue weighted by Gasteiger charge is -2.23. The molecule has 0 aromatic carbocycles. The third-order valence-electron chi connectivity index (χ3n) is 3.38. The third-order valence-corrected chi connectivity index (χ3v) is 3.38. The first kappa shape index (κ1) is 13.3. The Morgan fingerprint density at radius 2 is 2.05 bits per heavy atom. The number of hydrogen-bond donors (Lipinski definition) is 1. The van der Waals surface area contributed by atoms with Crippen LogP contribution < -0.4 is 0 Å². The highest BCUT2D eigenvalue weighted by Crippen LogP contribution is 2.18. The van der Waals surface area contributed by atoms with Crippen LogP contribution in [-0.2, 0) is 14.4 Å². The Bertz CT molecular complexity index is 450. The number of hydrogen-bond acceptors (Lipinski definition) is 4. The summed E-state index contributed by atoms with van der Waals surface area (Å²) in [5.74, 6) is -1.99. The topological polar surface area (TPSA) is 98.2 Å². The van der Waals surface area contributed by atoms with E-state index >= 15 is 0 Å². The monoisotopic (exact) mass is 269 g/mol. The molecule has 2 heterocycles. The van der Waals surface area contributed by atoms with Crippen LogP contribution in [0.2, 0.25) is 0 Å². The van der Waals surface area contributed by atoms with Crippen LogP contribution in [0.1, 0.15) is 12.8 Å².